The van der Waals surface area contributed by atoms with Gasteiger partial charge in [0.1, 0.15) is 0 Å². The summed E-state index contributed by atoms with van der Waals surface area (Å²) in [4.78, 5) is 19.5. The van der Waals surface area contributed by atoms with Crippen molar-refractivity contribution in [3.05, 3.63) is 0 Å². The monoisotopic (exact) mass is 451 g/mol. The minimum Gasteiger partial charge on any atom is -0.326 e. The summed E-state index contributed by atoms with van der Waals surface area (Å²) in [5.41, 5.74) is 0. The Morgan fingerprint density at radius 3 is 1.03 bits per heavy atom. The average Bonchev–Trinajstić information content (AvgIpc) is 2.69. The highest BCUT2D eigenvalue weighted by molar-refractivity contribution is 7.75. The van der Waals surface area contributed by atoms with Crippen molar-refractivity contribution in [3.8, 4) is 0 Å². The Labute approximate surface area is 185 Å². The van der Waals surface area contributed by atoms with Gasteiger partial charge in [-0.15, -0.1) is 0 Å². The molecule has 0 atom stereocenters. The van der Waals surface area contributed by atoms with E-state index < -0.39 is 16.1 Å². The van der Waals surface area contributed by atoms with E-state index in [2.05, 4.69) is 20.8 Å². The Morgan fingerprint density at radius 2 is 0.759 bits per heavy atom. The molecular formula is C24H53O3P2+. The lowest BCUT2D eigenvalue weighted by Gasteiger charge is -2.26. The Bertz CT molecular complexity index is 286. The van der Waals surface area contributed by atoms with Crippen LogP contribution in [0.25, 0.3) is 0 Å². The molecule has 0 aromatic heterocycles. The summed E-state index contributed by atoms with van der Waals surface area (Å²) < 4.78 is 6.01. The largest absolute Gasteiger partial charge is 0.366 e. The summed E-state index contributed by atoms with van der Waals surface area (Å²) in [6.45, 7) is 6.78. The predicted octanol–water partition coefficient (Wildman–Crippen LogP) is 9.23. The summed E-state index contributed by atoms with van der Waals surface area (Å²) >= 11 is 0. The van der Waals surface area contributed by atoms with E-state index in [1.807, 2.05) is 0 Å². The highest BCUT2D eigenvalue weighted by Gasteiger charge is 2.41. The van der Waals surface area contributed by atoms with Crippen LogP contribution >= 0.6 is 16.1 Å². The van der Waals surface area contributed by atoms with Crippen LogP contribution in [0.4, 0.5) is 0 Å². The molecule has 0 fully saturated rings. The van der Waals surface area contributed by atoms with Gasteiger partial charge in [-0.3, -0.25) is 0 Å². The Hall–Kier alpha value is 0.740. The standard InChI is InChI=1S/C24H53O3P2/c1-4-7-10-13-16-19-22-29(27-28(25)26,23-20-17-14-11-8-5-2)24-21-18-15-12-9-6-3/h25-26H,4-24H2,1-3H3/q+1. The second kappa shape index (κ2) is 22.0. The van der Waals surface area contributed by atoms with Crippen LogP contribution in [0.3, 0.4) is 0 Å². The van der Waals surface area contributed by atoms with Gasteiger partial charge in [0, 0.05) is 0 Å². The predicted molar refractivity (Wildman–Crippen MR) is 134 cm³/mol. The Kier molecular flexibility index (Phi) is 22.5. The van der Waals surface area contributed by atoms with Gasteiger partial charge in [0.2, 0.25) is 0 Å². The molecule has 3 nitrogen and oxygen atoms in total. The molecule has 0 saturated carbocycles. The second-order valence-corrected chi connectivity index (χ2v) is 13.5. The number of rotatable bonds is 23. The molecule has 0 aliphatic carbocycles. The molecule has 0 rings (SSSR count). The lowest BCUT2D eigenvalue weighted by atomic mass is 10.1. The van der Waals surface area contributed by atoms with Gasteiger partial charge < -0.3 is 9.79 Å². The van der Waals surface area contributed by atoms with Crippen molar-refractivity contribution in [3.63, 3.8) is 0 Å². The first-order valence-corrected chi connectivity index (χ1v) is 16.3. The summed E-state index contributed by atoms with van der Waals surface area (Å²) in [7, 11) is -3.92. The van der Waals surface area contributed by atoms with E-state index in [0.717, 1.165) is 18.5 Å². The van der Waals surface area contributed by atoms with Gasteiger partial charge in [0.25, 0.3) is 0 Å². The van der Waals surface area contributed by atoms with Crippen LogP contribution < -0.4 is 0 Å². The first-order chi connectivity index (χ1) is 14.1. The number of hydrogen-bond acceptors (Lipinski definition) is 3. The van der Waals surface area contributed by atoms with Crippen molar-refractivity contribution in [2.75, 3.05) is 18.5 Å². The molecule has 5 heteroatoms. The van der Waals surface area contributed by atoms with Gasteiger partial charge in [-0.05, 0) is 38.5 Å². The topological polar surface area (TPSA) is 49.7 Å². The highest BCUT2D eigenvalue weighted by atomic mass is 31.3. The quantitative estimate of drug-likeness (QED) is 0.120. The molecular weight excluding hydrogens is 398 g/mol. The van der Waals surface area contributed by atoms with E-state index in [1.54, 1.807) is 0 Å². The maximum atomic E-state index is 9.73. The third kappa shape index (κ3) is 19.2. The number of unbranched alkanes of at least 4 members (excludes halogenated alkanes) is 15. The first kappa shape index (κ1) is 29.7. The molecule has 0 heterocycles. The summed E-state index contributed by atoms with van der Waals surface area (Å²) in [5, 5.41) is 0. The van der Waals surface area contributed by atoms with Crippen LogP contribution in [0.5, 0.6) is 0 Å². The maximum Gasteiger partial charge on any atom is 0.366 e. The van der Waals surface area contributed by atoms with Crippen molar-refractivity contribution >= 4 is 16.1 Å². The van der Waals surface area contributed by atoms with Gasteiger partial charge in [-0.1, -0.05) is 97.8 Å². The molecule has 0 radical (unpaired) electrons. The number of hydrogen-bond donors (Lipinski definition) is 2. The van der Waals surface area contributed by atoms with Gasteiger partial charge in [-0.2, -0.15) is 4.31 Å². The van der Waals surface area contributed by atoms with Gasteiger partial charge >= 0.3 is 8.60 Å². The van der Waals surface area contributed by atoms with Gasteiger partial charge in [0.05, 0.1) is 18.5 Å². The molecule has 0 aromatic rings. The molecule has 0 bridgehead atoms. The highest BCUT2D eigenvalue weighted by Crippen LogP contribution is 2.67. The third-order valence-corrected chi connectivity index (χ3v) is 11.4. The van der Waals surface area contributed by atoms with E-state index in [4.69, 9.17) is 4.31 Å². The molecule has 176 valence electrons. The zero-order valence-electron chi connectivity index (χ0n) is 20.0. The molecule has 0 aliphatic rings. The van der Waals surface area contributed by atoms with E-state index in [0.29, 0.717) is 0 Å². The minimum atomic E-state index is -2.23. The molecule has 2 N–H and O–H groups in total. The van der Waals surface area contributed by atoms with E-state index in [9.17, 15) is 9.79 Å². The van der Waals surface area contributed by atoms with Crippen molar-refractivity contribution in [1.29, 1.82) is 0 Å². The molecule has 0 saturated heterocycles. The van der Waals surface area contributed by atoms with E-state index >= 15 is 0 Å². The zero-order valence-corrected chi connectivity index (χ0v) is 21.8. The smallest absolute Gasteiger partial charge is 0.326 e. The second-order valence-electron chi connectivity index (χ2n) is 8.87. The van der Waals surface area contributed by atoms with Crippen LogP contribution in [-0.2, 0) is 4.31 Å². The molecule has 0 amide bonds. The fourth-order valence-corrected chi connectivity index (χ4v) is 9.44. The van der Waals surface area contributed by atoms with Crippen molar-refractivity contribution in [1.82, 2.24) is 0 Å². The third-order valence-electron chi connectivity index (χ3n) is 6.00. The Morgan fingerprint density at radius 1 is 0.483 bits per heavy atom. The van der Waals surface area contributed by atoms with Gasteiger partial charge in [-0.25, -0.2) is 0 Å². The molecule has 0 spiro atoms. The van der Waals surface area contributed by atoms with Crippen LogP contribution in [0.1, 0.15) is 136 Å². The molecule has 0 unspecified atom stereocenters. The average molecular weight is 452 g/mol. The first-order valence-electron chi connectivity index (χ1n) is 12.8. The normalized spacial score (nSPS) is 12.2. The molecule has 29 heavy (non-hydrogen) atoms. The fourth-order valence-electron chi connectivity index (χ4n) is 4.15. The lowest BCUT2D eigenvalue weighted by molar-refractivity contribution is 0.383. The Balaban J connectivity index is 4.57. The van der Waals surface area contributed by atoms with Crippen LogP contribution in [0.15, 0.2) is 0 Å². The van der Waals surface area contributed by atoms with Crippen molar-refractivity contribution in [2.24, 2.45) is 0 Å². The zero-order chi connectivity index (χ0) is 21.6. The SMILES string of the molecule is CCCCCCCC[P+](CCCCCCCC)(CCCCCCCC)OP(O)O. The minimum absolute atomic E-state index is 1.10. The molecule has 0 aromatic carbocycles. The summed E-state index contributed by atoms with van der Waals surface area (Å²) in [6.07, 6.45) is 26.5. The van der Waals surface area contributed by atoms with Crippen molar-refractivity contribution in [2.45, 2.75) is 136 Å². The van der Waals surface area contributed by atoms with E-state index in [1.165, 1.54) is 116 Å². The van der Waals surface area contributed by atoms with Crippen LogP contribution in [0, 0.1) is 0 Å². The van der Waals surface area contributed by atoms with Crippen molar-refractivity contribution < 1.29 is 14.1 Å². The van der Waals surface area contributed by atoms with Crippen LogP contribution in [0.2, 0.25) is 0 Å². The lowest BCUT2D eigenvalue weighted by Crippen LogP contribution is -2.11. The molecule has 0 aliphatic heterocycles. The summed E-state index contributed by atoms with van der Waals surface area (Å²) in [6, 6.07) is 0. The fraction of sp³-hybridized carbons (Fsp3) is 1.00. The van der Waals surface area contributed by atoms with E-state index in [-0.39, 0.29) is 0 Å². The van der Waals surface area contributed by atoms with Crippen LogP contribution in [-0.4, -0.2) is 28.3 Å². The maximum absolute atomic E-state index is 9.73. The summed E-state index contributed by atoms with van der Waals surface area (Å²) in [5.74, 6) is 0. The van der Waals surface area contributed by atoms with Gasteiger partial charge in [0.15, 0.2) is 7.49 Å².